The van der Waals surface area contributed by atoms with Crippen LogP contribution in [0.3, 0.4) is 0 Å². The highest BCUT2D eigenvalue weighted by Gasteiger charge is 2.23. The van der Waals surface area contributed by atoms with Crippen LogP contribution in [0.15, 0.2) is 60.8 Å². The number of nitrogens with one attached hydrogen (secondary N) is 1. The molecule has 0 rings (SSSR count). The zero-order valence-corrected chi connectivity index (χ0v) is 49.0. The lowest BCUT2D eigenvalue weighted by Crippen LogP contribution is -2.45. The maximum absolute atomic E-state index is 13.0. The van der Waals surface area contributed by atoms with E-state index >= 15 is 0 Å². The lowest BCUT2D eigenvalue weighted by atomic mass is 10.0. The summed E-state index contributed by atoms with van der Waals surface area (Å²) in [5.41, 5.74) is 0. The van der Waals surface area contributed by atoms with Crippen LogP contribution in [0, 0.1) is 0 Å². The quantitative estimate of drug-likeness (QED) is 0.0272. The van der Waals surface area contributed by atoms with Crippen molar-refractivity contribution >= 4 is 13.7 Å². The van der Waals surface area contributed by atoms with Gasteiger partial charge in [0, 0.05) is 6.42 Å². The Hall–Kier alpha value is -1.80. The Labute approximate surface area is 447 Å². The van der Waals surface area contributed by atoms with E-state index < -0.39 is 26.6 Å². The van der Waals surface area contributed by atoms with Crippen molar-refractivity contribution < 1.29 is 32.9 Å². The molecule has 0 saturated heterocycles. The summed E-state index contributed by atoms with van der Waals surface area (Å²) in [4.78, 5) is 25.5. The Bertz CT molecular complexity index is 1360. The number of quaternary nitrogens is 1. The number of amides is 1. The second-order valence-corrected chi connectivity index (χ2v) is 23.4. The molecule has 0 radical (unpaired) electrons. The molecular formula is C63H119N2O6P. The van der Waals surface area contributed by atoms with Gasteiger partial charge in [-0.15, -0.1) is 0 Å². The van der Waals surface area contributed by atoms with Gasteiger partial charge in [0.25, 0.3) is 7.82 Å². The first-order valence-corrected chi connectivity index (χ1v) is 32.1. The van der Waals surface area contributed by atoms with Crippen molar-refractivity contribution in [2.24, 2.45) is 0 Å². The van der Waals surface area contributed by atoms with Crippen LogP contribution < -0.4 is 10.2 Å². The van der Waals surface area contributed by atoms with Gasteiger partial charge in [-0.2, -0.15) is 0 Å². The second kappa shape index (κ2) is 54.0. The second-order valence-electron chi connectivity index (χ2n) is 22.0. The van der Waals surface area contributed by atoms with Gasteiger partial charge in [-0.05, 0) is 77.0 Å². The van der Waals surface area contributed by atoms with Crippen molar-refractivity contribution in [3.8, 4) is 0 Å². The number of hydrogen-bond donors (Lipinski definition) is 2. The average molecular weight is 1030 g/mol. The molecule has 0 aliphatic heterocycles. The van der Waals surface area contributed by atoms with Gasteiger partial charge in [0.2, 0.25) is 5.91 Å². The number of nitrogens with zero attached hydrogens (tertiary/aromatic N) is 1. The van der Waals surface area contributed by atoms with Gasteiger partial charge >= 0.3 is 0 Å². The molecule has 0 aliphatic rings. The van der Waals surface area contributed by atoms with Gasteiger partial charge in [-0.3, -0.25) is 9.36 Å². The fourth-order valence-electron chi connectivity index (χ4n) is 8.86. The molecule has 0 aromatic carbocycles. The Morgan fingerprint density at radius 1 is 0.486 bits per heavy atom. The molecule has 3 unspecified atom stereocenters. The topological polar surface area (TPSA) is 108 Å². The Balaban J connectivity index is 4.01. The fourth-order valence-corrected chi connectivity index (χ4v) is 9.59. The molecule has 2 N–H and O–H groups in total. The van der Waals surface area contributed by atoms with Crippen LogP contribution in [-0.2, 0) is 18.4 Å². The lowest BCUT2D eigenvalue weighted by Gasteiger charge is -2.29. The zero-order valence-electron chi connectivity index (χ0n) is 48.1. The number of rotatable bonds is 56. The molecule has 3 atom stereocenters. The van der Waals surface area contributed by atoms with E-state index in [2.05, 4.69) is 67.8 Å². The summed E-state index contributed by atoms with van der Waals surface area (Å²) in [6, 6.07) is -0.909. The maximum Gasteiger partial charge on any atom is 0.268 e. The van der Waals surface area contributed by atoms with Crippen molar-refractivity contribution in [2.75, 3.05) is 40.9 Å². The first-order valence-electron chi connectivity index (χ1n) is 30.7. The van der Waals surface area contributed by atoms with Gasteiger partial charge in [0.1, 0.15) is 13.2 Å². The van der Waals surface area contributed by atoms with Gasteiger partial charge in [0.15, 0.2) is 0 Å². The molecule has 0 aromatic rings. The molecule has 0 heterocycles. The predicted molar refractivity (Wildman–Crippen MR) is 311 cm³/mol. The molecule has 422 valence electrons. The molecule has 1 amide bonds. The summed E-state index contributed by atoms with van der Waals surface area (Å²) in [6.45, 7) is 4.61. The fraction of sp³-hybridized carbons (Fsp3) is 0.825. The van der Waals surface area contributed by atoms with Crippen LogP contribution in [0.1, 0.15) is 284 Å². The smallest absolute Gasteiger partial charge is 0.268 e. The van der Waals surface area contributed by atoms with Gasteiger partial charge in [-0.25, -0.2) is 0 Å². The van der Waals surface area contributed by atoms with E-state index in [-0.39, 0.29) is 12.5 Å². The van der Waals surface area contributed by atoms with Gasteiger partial charge in [-0.1, -0.05) is 261 Å². The number of phosphoric acid groups is 1. The van der Waals surface area contributed by atoms with Crippen molar-refractivity contribution in [2.45, 2.75) is 296 Å². The number of carbonyl (C=O) groups is 1. The van der Waals surface area contributed by atoms with E-state index in [1.165, 1.54) is 212 Å². The minimum Gasteiger partial charge on any atom is -0.756 e. The number of aliphatic hydroxyl groups is 1. The van der Waals surface area contributed by atoms with Crippen molar-refractivity contribution in [1.29, 1.82) is 0 Å². The number of phosphoric ester groups is 1. The van der Waals surface area contributed by atoms with Gasteiger partial charge in [0.05, 0.1) is 39.9 Å². The molecule has 0 spiro atoms. The van der Waals surface area contributed by atoms with Crippen LogP contribution in [-0.4, -0.2) is 68.5 Å². The molecule has 9 heteroatoms. The Morgan fingerprint density at radius 2 is 0.819 bits per heavy atom. The largest absolute Gasteiger partial charge is 0.756 e. The van der Waals surface area contributed by atoms with Crippen LogP contribution in [0.5, 0.6) is 0 Å². The van der Waals surface area contributed by atoms with E-state index in [1.807, 2.05) is 27.2 Å². The first kappa shape index (κ1) is 70.2. The molecule has 8 nitrogen and oxygen atoms in total. The lowest BCUT2D eigenvalue weighted by molar-refractivity contribution is -0.870. The third-order valence-electron chi connectivity index (χ3n) is 13.7. The molecule has 0 aliphatic carbocycles. The van der Waals surface area contributed by atoms with E-state index in [9.17, 15) is 19.4 Å². The number of aliphatic hydroxyl groups excluding tert-OH is 1. The van der Waals surface area contributed by atoms with Crippen molar-refractivity contribution in [3.63, 3.8) is 0 Å². The van der Waals surface area contributed by atoms with Crippen LogP contribution in [0.4, 0.5) is 0 Å². The molecule has 0 aromatic heterocycles. The normalized spacial score (nSPS) is 14.3. The monoisotopic (exact) mass is 1030 g/mol. The van der Waals surface area contributed by atoms with E-state index in [0.29, 0.717) is 17.4 Å². The number of hydrogen-bond acceptors (Lipinski definition) is 6. The highest BCUT2D eigenvalue weighted by atomic mass is 31.2. The summed E-state index contributed by atoms with van der Waals surface area (Å²) >= 11 is 0. The number of carbonyl (C=O) groups excluding carboxylic acids is 1. The minimum atomic E-state index is -4.61. The average Bonchev–Trinajstić information content (AvgIpc) is 3.34. The molecule has 0 bridgehead atoms. The number of likely N-dealkylation sites (N-methyl/N-ethyl adjacent to an activating group) is 1. The summed E-state index contributed by atoms with van der Waals surface area (Å²) in [5.74, 6) is -0.209. The minimum absolute atomic E-state index is 0.00905. The van der Waals surface area contributed by atoms with Gasteiger partial charge < -0.3 is 28.8 Å². The first-order chi connectivity index (χ1) is 35.0. The summed E-state index contributed by atoms with van der Waals surface area (Å²) < 4.78 is 23.3. The van der Waals surface area contributed by atoms with Crippen molar-refractivity contribution in [1.82, 2.24) is 5.32 Å². The number of allylic oxidation sites excluding steroid dienone is 9. The van der Waals surface area contributed by atoms with Crippen LogP contribution in [0.2, 0.25) is 0 Å². The molecule has 0 fully saturated rings. The molecule has 0 saturated carbocycles. The third-order valence-corrected chi connectivity index (χ3v) is 14.6. The SMILES string of the molecule is CCCCCCC/C=C\C/C=C\CCCCCCCCCCCCCCCCCCCCCCCCCC(=O)NC(COP(=O)([O-])OCC[N+](C)(C)C)C(O)/C=C/CC/C=C/CC/C=C/CCCCCCC. The van der Waals surface area contributed by atoms with Crippen LogP contribution in [0.25, 0.3) is 0 Å². The Kier molecular flexibility index (Phi) is 52.7. The highest BCUT2D eigenvalue weighted by Crippen LogP contribution is 2.38. The standard InChI is InChI=1S/C63H119N2O6P/c1-6-8-10-12-14-16-18-20-22-23-24-25-26-27-28-29-30-31-32-33-34-35-36-37-38-39-40-41-43-45-47-49-51-53-55-57-63(67)64-61(60-71-72(68,69)70-59-58-65(3,4)5)62(66)56-54-52-50-48-46-44-42-21-19-17-15-13-11-9-7-2/h18-21,23-24,46,48,54,56,61-62,66H,6-17,22,25-45,47,49-53,55,57-60H2,1-5H3,(H-,64,67,68,69)/b20-18-,21-19+,24-23-,48-46+,56-54+. The maximum atomic E-state index is 13.0. The third kappa shape index (κ3) is 55.9. The van der Waals surface area contributed by atoms with E-state index in [1.54, 1.807) is 6.08 Å². The number of unbranched alkanes of at least 4 members (excludes halogenated alkanes) is 35. The summed E-state index contributed by atoms with van der Waals surface area (Å²) in [6.07, 6.45) is 73.3. The summed E-state index contributed by atoms with van der Waals surface area (Å²) in [5, 5.41) is 13.8. The van der Waals surface area contributed by atoms with Crippen molar-refractivity contribution in [3.05, 3.63) is 60.8 Å². The van der Waals surface area contributed by atoms with E-state index in [4.69, 9.17) is 9.05 Å². The molecular weight excluding hydrogens is 912 g/mol. The van der Waals surface area contributed by atoms with Crippen LogP contribution >= 0.6 is 7.82 Å². The Morgan fingerprint density at radius 3 is 1.21 bits per heavy atom. The predicted octanol–water partition coefficient (Wildman–Crippen LogP) is 18.2. The molecule has 72 heavy (non-hydrogen) atoms. The summed E-state index contributed by atoms with van der Waals surface area (Å²) in [7, 11) is 1.24. The highest BCUT2D eigenvalue weighted by molar-refractivity contribution is 7.45. The zero-order chi connectivity index (χ0) is 52.7. The van der Waals surface area contributed by atoms with E-state index in [0.717, 1.165) is 51.4 Å².